The van der Waals surface area contributed by atoms with Gasteiger partial charge in [-0.05, 0) is 32.0 Å². The Morgan fingerprint density at radius 1 is 1.19 bits per heavy atom. The highest BCUT2D eigenvalue weighted by Gasteiger charge is 2.54. The Morgan fingerprint density at radius 3 is 2.38 bits per heavy atom. The zero-order chi connectivity index (χ0) is 15.4. The second-order valence-electron chi connectivity index (χ2n) is 4.96. The number of carbonyl (C=O) groups is 2. The van der Waals surface area contributed by atoms with Gasteiger partial charge in [0.05, 0.1) is 11.6 Å². The fourth-order valence-corrected chi connectivity index (χ4v) is 2.42. The molecule has 0 amide bonds. The van der Waals surface area contributed by atoms with Crippen LogP contribution in [0.15, 0.2) is 22.6 Å². The number of hydrogen-bond donors (Lipinski definition) is 1. The van der Waals surface area contributed by atoms with Crippen LogP contribution in [0, 0.1) is 12.7 Å². The molecule has 2 N–H and O–H groups in total. The summed E-state index contributed by atoms with van der Waals surface area (Å²) in [5, 5.41) is 0.460. The molecule has 1 unspecified atom stereocenters. The topological polar surface area (TPSA) is 91.8 Å². The van der Waals surface area contributed by atoms with Crippen LogP contribution >= 0.6 is 0 Å². The lowest BCUT2D eigenvalue weighted by molar-refractivity contribution is -0.191. The van der Waals surface area contributed by atoms with Crippen molar-refractivity contribution >= 4 is 22.9 Å². The number of carbonyl (C=O) groups excluding carboxylic acids is 2. The number of aryl methyl sites for hydroxylation is 1. The molecule has 3 rings (SSSR count). The second kappa shape index (κ2) is 4.29. The van der Waals surface area contributed by atoms with Gasteiger partial charge in [-0.1, -0.05) is 0 Å². The molecule has 0 bridgehead atoms. The Balaban J connectivity index is 2.30. The molecule has 6 nitrogen and oxygen atoms in total. The number of benzene rings is 1. The Morgan fingerprint density at radius 2 is 1.81 bits per heavy atom. The second-order valence-corrected chi connectivity index (χ2v) is 4.96. The Bertz CT molecular complexity index is 748. The molecule has 2 heterocycles. The van der Waals surface area contributed by atoms with Crippen LogP contribution in [0.2, 0.25) is 0 Å². The van der Waals surface area contributed by atoms with E-state index in [0.717, 1.165) is 6.07 Å². The van der Waals surface area contributed by atoms with Gasteiger partial charge in [-0.15, -0.1) is 0 Å². The van der Waals surface area contributed by atoms with Crippen molar-refractivity contribution in [1.29, 1.82) is 0 Å². The van der Waals surface area contributed by atoms with Crippen molar-refractivity contribution in [3.63, 3.8) is 0 Å². The van der Waals surface area contributed by atoms with Gasteiger partial charge in [-0.25, -0.2) is 14.0 Å². The number of esters is 2. The maximum absolute atomic E-state index is 13.8. The van der Waals surface area contributed by atoms with E-state index in [1.165, 1.54) is 13.0 Å². The first-order chi connectivity index (χ1) is 9.83. The van der Waals surface area contributed by atoms with Crippen molar-refractivity contribution < 1.29 is 27.9 Å². The van der Waals surface area contributed by atoms with Crippen LogP contribution in [0.1, 0.15) is 18.2 Å². The number of fused-ring (bicyclic) bond motifs is 1. The molecule has 2 aromatic rings. The normalized spacial score (nSPS) is 18.7. The highest BCUT2D eigenvalue weighted by atomic mass is 19.1. The van der Waals surface area contributed by atoms with E-state index in [0.29, 0.717) is 11.1 Å². The fraction of sp³-hybridized carbons (Fsp3) is 0.286. The highest BCUT2D eigenvalue weighted by Crippen LogP contribution is 2.40. The molecular formula is C14H12FNO5. The highest BCUT2D eigenvalue weighted by molar-refractivity contribution is 6.31. The third kappa shape index (κ3) is 1.89. The maximum Gasteiger partial charge on any atom is 0.421 e. The Hall–Kier alpha value is -2.41. The third-order valence-corrected chi connectivity index (χ3v) is 3.33. The van der Waals surface area contributed by atoms with Gasteiger partial charge in [-0.2, -0.15) is 0 Å². The summed E-state index contributed by atoms with van der Waals surface area (Å²) in [6.07, 6.45) is 0. The van der Waals surface area contributed by atoms with Gasteiger partial charge in [0.15, 0.2) is 0 Å². The van der Waals surface area contributed by atoms with Gasteiger partial charge < -0.3 is 19.6 Å². The minimum absolute atomic E-state index is 0.0693. The van der Waals surface area contributed by atoms with E-state index in [9.17, 15) is 14.0 Å². The lowest BCUT2D eigenvalue weighted by Gasteiger charge is -2.29. The van der Waals surface area contributed by atoms with Gasteiger partial charge in [0, 0.05) is 5.39 Å². The quantitative estimate of drug-likeness (QED) is 0.666. The predicted octanol–water partition coefficient (Wildman–Crippen LogP) is 1.48. The standard InChI is InChI=1S/C14H12FNO5/c1-6-3-8-4-9(15)5-10(11(8)19-6)14(7(2)16)20-12(17)13(18)21-14/h3-5,7H,16H2,1-2H3. The summed E-state index contributed by atoms with van der Waals surface area (Å²) < 4.78 is 29.4. The van der Waals surface area contributed by atoms with Gasteiger partial charge in [0.1, 0.15) is 17.2 Å². The minimum Gasteiger partial charge on any atom is -0.461 e. The lowest BCUT2D eigenvalue weighted by Crippen LogP contribution is -2.45. The zero-order valence-electron chi connectivity index (χ0n) is 11.3. The van der Waals surface area contributed by atoms with Crippen LogP contribution in [0.3, 0.4) is 0 Å². The number of hydrogen-bond acceptors (Lipinski definition) is 6. The summed E-state index contributed by atoms with van der Waals surface area (Å²) in [5.41, 5.74) is 6.15. The number of cyclic esters (lactones) is 2. The molecule has 1 aliphatic rings. The van der Waals surface area contributed by atoms with Crippen LogP contribution in [0.5, 0.6) is 0 Å². The molecule has 1 fully saturated rings. The predicted molar refractivity (Wildman–Crippen MR) is 68.4 cm³/mol. The van der Waals surface area contributed by atoms with E-state index < -0.39 is 29.6 Å². The van der Waals surface area contributed by atoms with Crippen molar-refractivity contribution in [3.8, 4) is 0 Å². The molecule has 7 heteroatoms. The average Bonchev–Trinajstić information content (AvgIpc) is 2.89. The monoisotopic (exact) mass is 293 g/mol. The summed E-state index contributed by atoms with van der Waals surface area (Å²) in [6, 6.07) is 3.06. The van der Waals surface area contributed by atoms with Crippen molar-refractivity contribution in [1.82, 2.24) is 0 Å². The maximum atomic E-state index is 13.8. The molecular weight excluding hydrogens is 281 g/mol. The Kier molecular flexibility index (Phi) is 2.77. The van der Waals surface area contributed by atoms with Crippen LogP contribution in [0.4, 0.5) is 4.39 Å². The summed E-state index contributed by atoms with van der Waals surface area (Å²) >= 11 is 0. The van der Waals surface area contributed by atoms with Gasteiger partial charge in [0.2, 0.25) is 0 Å². The largest absolute Gasteiger partial charge is 0.461 e. The van der Waals surface area contributed by atoms with Crippen LogP contribution in [-0.2, 0) is 24.8 Å². The molecule has 1 aliphatic heterocycles. The van der Waals surface area contributed by atoms with Crippen molar-refractivity contribution in [2.24, 2.45) is 5.73 Å². The van der Waals surface area contributed by atoms with Crippen LogP contribution in [0.25, 0.3) is 11.0 Å². The van der Waals surface area contributed by atoms with Gasteiger partial charge >= 0.3 is 17.7 Å². The molecule has 1 aromatic carbocycles. The number of rotatable bonds is 2. The van der Waals surface area contributed by atoms with E-state index >= 15 is 0 Å². The number of nitrogens with two attached hydrogens (primary N) is 1. The first-order valence-corrected chi connectivity index (χ1v) is 6.25. The third-order valence-electron chi connectivity index (χ3n) is 3.33. The van der Waals surface area contributed by atoms with Crippen molar-refractivity contribution in [2.75, 3.05) is 0 Å². The number of halogens is 1. The van der Waals surface area contributed by atoms with Gasteiger partial charge in [-0.3, -0.25) is 0 Å². The molecule has 21 heavy (non-hydrogen) atoms. The average molecular weight is 293 g/mol. The molecule has 1 aromatic heterocycles. The molecule has 1 saturated heterocycles. The van der Waals surface area contributed by atoms with Gasteiger partial charge in [0.25, 0.3) is 0 Å². The van der Waals surface area contributed by atoms with E-state index in [4.69, 9.17) is 19.6 Å². The SMILES string of the molecule is Cc1cc2cc(F)cc(C3(C(C)N)OC(=O)C(=O)O3)c2o1. The van der Waals surface area contributed by atoms with Crippen molar-refractivity contribution in [3.05, 3.63) is 35.3 Å². The number of ether oxygens (including phenoxy) is 2. The first kappa shape index (κ1) is 13.6. The molecule has 110 valence electrons. The van der Waals surface area contributed by atoms with E-state index in [1.807, 2.05) is 0 Å². The van der Waals surface area contributed by atoms with Crippen molar-refractivity contribution in [2.45, 2.75) is 25.7 Å². The molecule has 1 atom stereocenters. The van der Waals surface area contributed by atoms with E-state index in [1.54, 1.807) is 13.0 Å². The van der Waals surface area contributed by atoms with Crippen LogP contribution in [-0.4, -0.2) is 18.0 Å². The van der Waals surface area contributed by atoms with E-state index in [-0.39, 0.29) is 11.1 Å². The zero-order valence-corrected chi connectivity index (χ0v) is 11.3. The Labute approximate surface area is 118 Å². The summed E-state index contributed by atoms with van der Waals surface area (Å²) in [5.74, 6) is -4.29. The lowest BCUT2D eigenvalue weighted by atomic mass is 9.97. The number of furan rings is 1. The molecule has 0 radical (unpaired) electrons. The fourth-order valence-electron chi connectivity index (χ4n) is 2.42. The molecule has 0 spiro atoms. The summed E-state index contributed by atoms with van der Waals surface area (Å²) in [7, 11) is 0. The minimum atomic E-state index is -1.89. The van der Waals surface area contributed by atoms with Crippen LogP contribution < -0.4 is 5.73 Å². The summed E-state index contributed by atoms with van der Waals surface area (Å²) in [4.78, 5) is 22.8. The smallest absolute Gasteiger partial charge is 0.421 e. The van der Waals surface area contributed by atoms with E-state index in [2.05, 4.69) is 0 Å². The molecule has 0 saturated carbocycles. The molecule has 0 aliphatic carbocycles. The first-order valence-electron chi connectivity index (χ1n) is 6.25. The summed E-state index contributed by atoms with van der Waals surface area (Å²) in [6.45, 7) is 3.17.